The standard InChI is InChI=1S/C19H21N3O/c1-15-7-2-3-9-17(15)13-20-21-19(23)14-22-12-6-10-16-8-4-5-11-18(16)22/h2-5,7-9,11,13H,6,10,12,14H2,1H3,(H,21,23)/b20-13-. The number of para-hydroxylation sites is 1. The van der Waals surface area contributed by atoms with Crippen LogP contribution in [0.3, 0.4) is 0 Å². The van der Waals surface area contributed by atoms with E-state index in [9.17, 15) is 4.79 Å². The van der Waals surface area contributed by atoms with E-state index >= 15 is 0 Å². The smallest absolute Gasteiger partial charge is 0.259 e. The average molecular weight is 307 g/mol. The van der Waals surface area contributed by atoms with Crippen LogP contribution in [0.2, 0.25) is 0 Å². The fourth-order valence-electron chi connectivity index (χ4n) is 2.89. The number of carbonyl (C=O) groups is 1. The van der Waals surface area contributed by atoms with Crippen molar-refractivity contribution in [2.75, 3.05) is 18.0 Å². The molecule has 0 radical (unpaired) electrons. The Hall–Kier alpha value is -2.62. The van der Waals surface area contributed by atoms with Crippen molar-refractivity contribution in [3.8, 4) is 0 Å². The predicted octanol–water partition coefficient (Wildman–Crippen LogP) is 2.90. The van der Waals surface area contributed by atoms with Gasteiger partial charge in [-0.05, 0) is 42.5 Å². The molecule has 2 aromatic rings. The number of aryl methyl sites for hydroxylation is 2. The van der Waals surface area contributed by atoms with Gasteiger partial charge in [-0.25, -0.2) is 5.43 Å². The normalized spacial score (nSPS) is 13.9. The number of fused-ring (bicyclic) bond motifs is 1. The number of carbonyl (C=O) groups excluding carboxylic acids is 1. The molecule has 1 heterocycles. The van der Waals surface area contributed by atoms with Crippen molar-refractivity contribution in [3.63, 3.8) is 0 Å². The summed E-state index contributed by atoms with van der Waals surface area (Å²) in [6, 6.07) is 16.2. The molecule has 0 saturated heterocycles. The lowest BCUT2D eigenvalue weighted by atomic mass is 10.0. The van der Waals surface area contributed by atoms with E-state index in [0.29, 0.717) is 6.54 Å². The Labute approximate surface area is 136 Å². The van der Waals surface area contributed by atoms with Crippen molar-refractivity contribution >= 4 is 17.8 Å². The Morgan fingerprint density at radius 3 is 2.87 bits per heavy atom. The molecule has 3 rings (SSSR count). The summed E-state index contributed by atoms with van der Waals surface area (Å²) < 4.78 is 0. The molecule has 118 valence electrons. The summed E-state index contributed by atoms with van der Waals surface area (Å²) in [6.45, 7) is 3.27. The van der Waals surface area contributed by atoms with Crippen molar-refractivity contribution in [1.82, 2.24) is 5.43 Å². The van der Waals surface area contributed by atoms with Gasteiger partial charge in [-0.1, -0.05) is 42.5 Å². The third-order valence-corrected chi connectivity index (χ3v) is 4.12. The zero-order valence-electron chi connectivity index (χ0n) is 13.3. The fraction of sp³-hybridized carbons (Fsp3) is 0.263. The van der Waals surface area contributed by atoms with Crippen molar-refractivity contribution in [2.45, 2.75) is 19.8 Å². The van der Waals surface area contributed by atoms with Crippen molar-refractivity contribution in [1.29, 1.82) is 0 Å². The maximum absolute atomic E-state index is 12.1. The quantitative estimate of drug-likeness (QED) is 0.697. The van der Waals surface area contributed by atoms with Gasteiger partial charge in [-0.15, -0.1) is 0 Å². The molecule has 0 saturated carbocycles. The summed E-state index contributed by atoms with van der Waals surface area (Å²) in [5.74, 6) is -0.0912. The van der Waals surface area contributed by atoms with E-state index < -0.39 is 0 Å². The topological polar surface area (TPSA) is 44.7 Å². The van der Waals surface area contributed by atoms with E-state index in [2.05, 4.69) is 33.6 Å². The van der Waals surface area contributed by atoms with E-state index in [1.807, 2.05) is 37.3 Å². The zero-order valence-corrected chi connectivity index (χ0v) is 13.3. The highest BCUT2D eigenvalue weighted by atomic mass is 16.2. The number of nitrogens with zero attached hydrogens (tertiary/aromatic N) is 2. The second-order valence-corrected chi connectivity index (χ2v) is 5.80. The molecule has 0 bridgehead atoms. The molecule has 0 fully saturated rings. The monoisotopic (exact) mass is 307 g/mol. The van der Waals surface area contributed by atoms with Crippen molar-refractivity contribution in [3.05, 3.63) is 65.2 Å². The van der Waals surface area contributed by atoms with Crippen LogP contribution in [-0.4, -0.2) is 25.2 Å². The first-order valence-corrected chi connectivity index (χ1v) is 7.94. The Balaban J connectivity index is 1.59. The minimum Gasteiger partial charge on any atom is -0.362 e. The van der Waals surface area contributed by atoms with Gasteiger partial charge in [-0.2, -0.15) is 5.10 Å². The molecule has 4 nitrogen and oxygen atoms in total. The highest BCUT2D eigenvalue weighted by molar-refractivity contribution is 5.85. The largest absolute Gasteiger partial charge is 0.362 e. The van der Waals surface area contributed by atoms with Crippen LogP contribution in [0, 0.1) is 6.92 Å². The Bertz CT molecular complexity index is 724. The van der Waals surface area contributed by atoms with E-state index in [0.717, 1.165) is 36.2 Å². The molecule has 0 unspecified atom stereocenters. The van der Waals surface area contributed by atoms with Gasteiger partial charge >= 0.3 is 0 Å². The molecule has 0 aliphatic carbocycles. The molecular weight excluding hydrogens is 286 g/mol. The number of hydrogen-bond acceptors (Lipinski definition) is 3. The van der Waals surface area contributed by atoms with Crippen LogP contribution in [0.4, 0.5) is 5.69 Å². The lowest BCUT2D eigenvalue weighted by Gasteiger charge is -2.30. The summed E-state index contributed by atoms with van der Waals surface area (Å²) in [5, 5.41) is 4.07. The first-order chi connectivity index (χ1) is 11.2. The van der Waals surface area contributed by atoms with Gasteiger partial charge in [0.25, 0.3) is 5.91 Å². The Kier molecular flexibility index (Phi) is 4.71. The SMILES string of the molecule is Cc1ccccc1/C=N\NC(=O)CN1CCCc2ccccc21. The number of benzene rings is 2. The van der Waals surface area contributed by atoms with Crippen LogP contribution < -0.4 is 10.3 Å². The molecule has 1 amide bonds. The van der Waals surface area contributed by atoms with Crippen LogP contribution in [0.15, 0.2) is 53.6 Å². The van der Waals surface area contributed by atoms with Gasteiger partial charge in [0.2, 0.25) is 0 Å². The molecule has 2 aromatic carbocycles. The number of nitrogens with one attached hydrogen (secondary N) is 1. The molecule has 0 spiro atoms. The molecular formula is C19H21N3O. The summed E-state index contributed by atoms with van der Waals surface area (Å²) >= 11 is 0. The van der Waals surface area contributed by atoms with E-state index in [4.69, 9.17) is 0 Å². The van der Waals surface area contributed by atoms with Crippen LogP contribution in [0.5, 0.6) is 0 Å². The van der Waals surface area contributed by atoms with Crippen LogP contribution in [0.1, 0.15) is 23.1 Å². The predicted molar refractivity (Wildman–Crippen MR) is 93.9 cm³/mol. The van der Waals surface area contributed by atoms with Crippen molar-refractivity contribution < 1.29 is 4.79 Å². The molecule has 23 heavy (non-hydrogen) atoms. The van der Waals surface area contributed by atoms with Gasteiger partial charge < -0.3 is 4.90 Å². The Morgan fingerprint density at radius 2 is 2.00 bits per heavy atom. The maximum atomic E-state index is 12.1. The second-order valence-electron chi connectivity index (χ2n) is 5.80. The van der Waals surface area contributed by atoms with Crippen LogP contribution in [-0.2, 0) is 11.2 Å². The Morgan fingerprint density at radius 1 is 1.22 bits per heavy atom. The van der Waals surface area contributed by atoms with Crippen molar-refractivity contribution in [2.24, 2.45) is 5.10 Å². The van der Waals surface area contributed by atoms with E-state index in [1.54, 1.807) is 6.21 Å². The average Bonchev–Trinajstić information content (AvgIpc) is 2.57. The van der Waals surface area contributed by atoms with E-state index in [1.165, 1.54) is 5.56 Å². The second kappa shape index (κ2) is 7.09. The fourth-order valence-corrected chi connectivity index (χ4v) is 2.89. The summed E-state index contributed by atoms with van der Waals surface area (Å²) in [5.41, 5.74) is 7.25. The minimum absolute atomic E-state index is 0.0912. The molecule has 0 atom stereocenters. The number of amides is 1. The highest BCUT2D eigenvalue weighted by Gasteiger charge is 2.18. The number of anilines is 1. The number of hydrogen-bond donors (Lipinski definition) is 1. The lowest BCUT2D eigenvalue weighted by Crippen LogP contribution is -2.38. The molecule has 4 heteroatoms. The van der Waals surface area contributed by atoms with E-state index in [-0.39, 0.29) is 5.91 Å². The zero-order chi connectivity index (χ0) is 16.1. The van der Waals surface area contributed by atoms with Crippen LogP contribution >= 0.6 is 0 Å². The van der Waals surface area contributed by atoms with Gasteiger partial charge in [0, 0.05) is 12.2 Å². The number of rotatable bonds is 4. The summed E-state index contributed by atoms with van der Waals surface area (Å²) in [7, 11) is 0. The van der Waals surface area contributed by atoms with Gasteiger partial charge in [0.05, 0.1) is 12.8 Å². The maximum Gasteiger partial charge on any atom is 0.259 e. The highest BCUT2D eigenvalue weighted by Crippen LogP contribution is 2.26. The molecule has 1 aliphatic heterocycles. The first-order valence-electron chi connectivity index (χ1n) is 7.94. The molecule has 1 N–H and O–H groups in total. The van der Waals surface area contributed by atoms with Gasteiger partial charge in [-0.3, -0.25) is 4.79 Å². The third-order valence-electron chi connectivity index (χ3n) is 4.12. The summed E-state index contributed by atoms with van der Waals surface area (Å²) in [6.07, 6.45) is 3.86. The molecule has 0 aromatic heterocycles. The van der Waals surface area contributed by atoms with Crippen LogP contribution in [0.25, 0.3) is 0 Å². The first kappa shape index (κ1) is 15.3. The third kappa shape index (κ3) is 3.77. The summed E-state index contributed by atoms with van der Waals surface area (Å²) in [4.78, 5) is 14.3. The number of hydrazone groups is 1. The molecule has 1 aliphatic rings. The van der Waals surface area contributed by atoms with Gasteiger partial charge in [0.1, 0.15) is 0 Å². The van der Waals surface area contributed by atoms with Gasteiger partial charge in [0.15, 0.2) is 0 Å². The lowest BCUT2D eigenvalue weighted by molar-refractivity contribution is -0.119. The minimum atomic E-state index is -0.0912.